The van der Waals surface area contributed by atoms with Crippen molar-refractivity contribution in [1.29, 1.82) is 0 Å². The van der Waals surface area contributed by atoms with Crippen LogP contribution in [0.4, 0.5) is 0 Å². The van der Waals surface area contributed by atoms with Gasteiger partial charge in [0.2, 0.25) is 0 Å². The molecular formula is C13H17N3S2. The fraction of sp³-hybridized carbons (Fsp3) is 0.538. The lowest BCUT2D eigenvalue weighted by atomic mass is 10.3. The minimum atomic E-state index is 0.195. The van der Waals surface area contributed by atoms with E-state index in [1.807, 2.05) is 22.9 Å². The Kier molecular flexibility index (Phi) is 3.72. The van der Waals surface area contributed by atoms with E-state index in [1.165, 1.54) is 28.4 Å². The lowest BCUT2D eigenvalue weighted by molar-refractivity contribution is 0.592. The van der Waals surface area contributed by atoms with Crippen LogP contribution in [0.5, 0.6) is 0 Å². The standard InChI is InChI=1S/C13H17N3S2/c1-2-6-14-11(12-15-7-8-17-12)13-16-9-4-3-5-10(9)18-13/h7-8,11,14H,2-6H2,1H3. The molecule has 2 heterocycles. The normalized spacial score (nSPS) is 15.8. The Labute approximate surface area is 115 Å². The molecule has 18 heavy (non-hydrogen) atoms. The SMILES string of the molecule is CCCNC(c1nccs1)c1nc2c(s1)CCC2. The molecule has 96 valence electrons. The van der Waals surface area contributed by atoms with Crippen molar-refractivity contribution >= 4 is 22.7 Å². The van der Waals surface area contributed by atoms with Crippen molar-refractivity contribution in [2.45, 2.75) is 38.6 Å². The summed E-state index contributed by atoms with van der Waals surface area (Å²) >= 11 is 3.58. The number of hydrogen-bond donors (Lipinski definition) is 1. The third kappa shape index (κ3) is 2.35. The molecule has 0 spiro atoms. The molecule has 2 aromatic rings. The maximum absolute atomic E-state index is 4.82. The molecule has 1 N–H and O–H groups in total. The van der Waals surface area contributed by atoms with Gasteiger partial charge in [0.25, 0.3) is 0 Å². The van der Waals surface area contributed by atoms with Crippen LogP contribution in [-0.4, -0.2) is 16.5 Å². The van der Waals surface area contributed by atoms with Crippen LogP contribution in [0.1, 0.15) is 46.4 Å². The van der Waals surface area contributed by atoms with Gasteiger partial charge in [-0.25, -0.2) is 9.97 Å². The summed E-state index contributed by atoms with van der Waals surface area (Å²) in [5.74, 6) is 0. The third-order valence-electron chi connectivity index (χ3n) is 3.16. The highest BCUT2D eigenvalue weighted by Gasteiger charge is 2.24. The van der Waals surface area contributed by atoms with Gasteiger partial charge in [-0.1, -0.05) is 6.92 Å². The van der Waals surface area contributed by atoms with Crippen LogP contribution < -0.4 is 5.32 Å². The van der Waals surface area contributed by atoms with Gasteiger partial charge < -0.3 is 5.32 Å². The molecule has 0 bridgehead atoms. The molecule has 0 aliphatic heterocycles. The van der Waals surface area contributed by atoms with Crippen molar-refractivity contribution in [1.82, 2.24) is 15.3 Å². The zero-order valence-corrected chi connectivity index (χ0v) is 12.1. The Morgan fingerprint density at radius 2 is 2.33 bits per heavy atom. The second kappa shape index (κ2) is 5.47. The number of rotatable bonds is 5. The van der Waals surface area contributed by atoms with Gasteiger partial charge in [0.15, 0.2) is 0 Å². The van der Waals surface area contributed by atoms with Gasteiger partial charge in [-0.3, -0.25) is 0 Å². The van der Waals surface area contributed by atoms with E-state index < -0.39 is 0 Å². The van der Waals surface area contributed by atoms with Crippen molar-refractivity contribution in [3.63, 3.8) is 0 Å². The van der Waals surface area contributed by atoms with Crippen LogP contribution in [-0.2, 0) is 12.8 Å². The van der Waals surface area contributed by atoms with E-state index in [9.17, 15) is 0 Å². The van der Waals surface area contributed by atoms with Crippen LogP contribution in [0.3, 0.4) is 0 Å². The maximum atomic E-state index is 4.82. The largest absolute Gasteiger partial charge is 0.302 e. The summed E-state index contributed by atoms with van der Waals surface area (Å²) in [4.78, 5) is 10.8. The summed E-state index contributed by atoms with van der Waals surface area (Å²) < 4.78 is 0. The summed E-state index contributed by atoms with van der Waals surface area (Å²) in [7, 11) is 0. The number of aryl methyl sites for hydroxylation is 2. The Hall–Kier alpha value is -0.780. The number of aromatic nitrogens is 2. The van der Waals surface area contributed by atoms with E-state index in [0.717, 1.165) is 24.4 Å². The molecule has 0 aromatic carbocycles. The predicted octanol–water partition coefficient (Wildman–Crippen LogP) is 3.18. The molecule has 1 aliphatic rings. The molecule has 5 heteroatoms. The lowest BCUT2D eigenvalue weighted by Gasteiger charge is -2.13. The number of hydrogen-bond acceptors (Lipinski definition) is 5. The van der Waals surface area contributed by atoms with Crippen molar-refractivity contribution < 1.29 is 0 Å². The van der Waals surface area contributed by atoms with Crippen molar-refractivity contribution in [2.75, 3.05) is 6.54 Å². The summed E-state index contributed by atoms with van der Waals surface area (Å²) in [6.45, 7) is 3.20. The highest BCUT2D eigenvalue weighted by molar-refractivity contribution is 7.12. The Balaban J connectivity index is 1.87. The first kappa shape index (κ1) is 12.3. The molecule has 0 saturated carbocycles. The van der Waals surface area contributed by atoms with Gasteiger partial charge in [-0.2, -0.15) is 0 Å². The van der Waals surface area contributed by atoms with Crippen molar-refractivity contribution in [3.05, 3.63) is 32.2 Å². The number of fused-ring (bicyclic) bond motifs is 1. The number of nitrogens with one attached hydrogen (secondary N) is 1. The second-order valence-electron chi connectivity index (χ2n) is 4.53. The second-order valence-corrected chi connectivity index (χ2v) is 6.57. The van der Waals surface area contributed by atoms with Gasteiger partial charge in [-0.15, -0.1) is 22.7 Å². The average Bonchev–Trinajstić information content (AvgIpc) is 3.05. The minimum Gasteiger partial charge on any atom is -0.302 e. The molecule has 1 unspecified atom stereocenters. The molecule has 1 atom stereocenters. The van der Waals surface area contributed by atoms with Gasteiger partial charge in [-0.05, 0) is 32.2 Å². The first-order valence-corrected chi connectivity index (χ1v) is 8.19. The first-order valence-electron chi connectivity index (χ1n) is 6.49. The number of thiazole rings is 2. The fourth-order valence-electron chi connectivity index (χ4n) is 2.28. The third-order valence-corrected chi connectivity index (χ3v) is 5.22. The molecule has 0 radical (unpaired) electrons. The van der Waals surface area contributed by atoms with E-state index in [-0.39, 0.29) is 6.04 Å². The van der Waals surface area contributed by atoms with Gasteiger partial charge in [0.1, 0.15) is 16.1 Å². The van der Waals surface area contributed by atoms with Gasteiger partial charge in [0.05, 0.1) is 5.69 Å². The quantitative estimate of drug-likeness (QED) is 0.913. The van der Waals surface area contributed by atoms with Crippen LogP contribution in [0.2, 0.25) is 0 Å². The Morgan fingerprint density at radius 3 is 3.06 bits per heavy atom. The molecule has 2 aromatic heterocycles. The minimum absolute atomic E-state index is 0.195. The topological polar surface area (TPSA) is 37.8 Å². The average molecular weight is 279 g/mol. The van der Waals surface area contributed by atoms with E-state index in [0.29, 0.717) is 0 Å². The molecule has 0 fully saturated rings. The molecule has 0 amide bonds. The van der Waals surface area contributed by atoms with Crippen LogP contribution in [0.25, 0.3) is 0 Å². The van der Waals surface area contributed by atoms with Crippen molar-refractivity contribution in [3.8, 4) is 0 Å². The summed E-state index contributed by atoms with van der Waals surface area (Å²) in [6, 6.07) is 0.195. The fourth-order valence-corrected chi connectivity index (χ4v) is 4.30. The summed E-state index contributed by atoms with van der Waals surface area (Å²) in [5, 5.41) is 7.94. The summed E-state index contributed by atoms with van der Waals surface area (Å²) in [5.41, 5.74) is 1.33. The van der Waals surface area contributed by atoms with Crippen LogP contribution >= 0.6 is 22.7 Å². The van der Waals surface area contributed by atoms with E-state index in [1.54, 1.807) is 11.3 Å². The zero-order valence-electron chi connectivity index (χ0n) is 10.5. The van der Waals surface area contributed by atoms with E-state index in [2.05, 4.69) is 17.2 Å². The molecule has 0 saturated heterocycles. The van der Waals surface area contributed by atoms with E-state index >= 15 is 0 Å². The zero-order chi connectivity index (χ0) is 12.4. The first-order chi connectivity index (χ1) is 8.88. The van der Waals surface area contributed by atoms with Gasteiger partial charge in [0, 0.05) is 16.5 Å². The van der Waals surface area contributed by atoms with Crippen LogP contribution in [0, 0.1) is 0 Å². The highest BCUT2D eigenvalue weighted by atomic mass is 32.1. The molecule has 1 aliphatic carbocycles. The highest BCUT2D eigenvalue weighted by Crippen LogP contribution is 2.33. The Morgan fingerprint density at radius 1 is 1.39 bits per heavy atom. The van der Waals surface area contributed by atoms with E-state index in [4.69, 9.17) is 4.98 Å². The Bertz CT molecular complexity index is 483. The molecule has 3 rings (SSSR count). The summed E-state index contributed by atoms with van der Waals surface area (Å²) in [6.07, 6.45) is 6.66. The van der Waals surface area contributed by atoms with Crippen LogP contribution in [0.15, 0.2) is 11.6 Å². The lowest BCUT2D eigenvalue weighted by Crippen LogP contribution is -2.23. The predicted molar refractivity (Wildman–Crippen MR) is 76.4 cm³/mol. The van der Waals surface area contributed by atoms with Crippen molar-refractivity contribution in [2.24, 2.45) is 0 Å². The monoisotopic (exact) mass is 279 g/mol. The number of nitrogens with zero attached hydrogens (tertiary/aromatic N) is 2. The molecule has 3 nitrogen and oxygen atoms in total. The maximum Gasteiger partial charge on any atom is 0.117 e. The smallest absolute Gasteiger partial charge is 0.117 e. The molecular weight excluding hydrogens is 262 g/mol. The van der Waals surface area contributed by atoms with Gasteiger partial charge >= 0.3 is 0 Å².